The summed E-state index contributed by atoms with van der Waals surface area (Å²) in [5.41, 5.74) is 0. The quantitative estimate of drug-likeness (QED) is 0.787. The van der Waals surface area contributed by atoms with Gasteiger partial charge in [0.25, 0.3) is 0 Å². The first-order valence-corrected chi connectivity index (χ1v) is 7.72. The van der Waals surface area contributed by atoms with E-state index in [1.54, 1.807) is 6.20 Å². The van der Waals surface area contributed by atoms with Gasteiger partial charge in [-0.05, 0) is 64.0 Å². The average Bonchev–Trinajstić information content (AvgIpc) is 3.22. The van der Waals surface area contributed by atoms with Crippen molar-refractivity contribution in [3.8, 4) is 0 Å². The number of hydrogen-bond donors (Lipinski definition) is 0. The van der Waals surface area contributed by atoms with Gasteiger partial charge in [-0.3, -0.25) is 0 Å². The van der Waals surface area contributed by atoms with E-state index in [-0.39, 0.29) is 23.1 Å². The Bertz CT molecular complexity index is 347. The maximum Gasteiger partial charge on any atom is 2.00 e. The molecule has 0 aromatic carbocycles. The molecule has 2 fully saturated rings. The fourth-order valence-corrected chi connectivity index (χ4v) is 2.83. The minimum Gasteiger partial charge on any atom is -0.249 e. The van der Waals surface area contributed by atoms with E-state index in [2.05, 4.69) is 43.4 Å². The van der Waals surface area contributed by atoms with Crippen LogP contribution in [0.4, 0.5) is 0 Å². The van der Waals surface area contributed by atoms with Crippen molar-refractivity contribution >= 4 is 11.8 Å². The first kappa shape index (κ1) is 19.1. The van der Waals surface area contributed by atoms with Gasteiger partial charge in [-0.15, -0.1) is 5.10 Å². The number of nitrogens with zero attached hydrogens (tertiary/aromatic N) is 3. The monoisotopic (exact) mass is 341 g/mol. The van der Waals surface area contributed by atoms with Gasteiger partial charge in [0.15, 0.2) is 0 Å². The molecule has 110 valence electrons. The molecular weight excluding hydrogens is 322 g/mol. The van der Waals surface area contributed by atoms with Crippen LogP contribution in [0.15, 0.2) is 12.4 Å². The Hall–Kier alpha value is 0.00948. The molecule has 5 heteroatoms. The van der Waals surface area contributed by atoms with Crippen molar-refractivity contribution in [1.82, 2.24) is 15.0 Å². The Morgan fingerprint density at radius 2 is 1.76 bits per heavy atom. The van der Waals surface area contributed by atoms with Gasteiger partial charge in [-0.2, -0.15) is 11.8 Å². The molecule has 21 heavy (non-hydrogen) atoms. The molecule has 1 aromatic rings. The van der Waals surface area contributed by atoms with Crippen LogP contribution in [0.1, 0.15) is 19.9 Å². The molecular formula is C16H19FeN3S+2. The molecule has 1 heterocycles. The number of aromatic nitrogens is 3. The van der Waals surface area contributed by atoms with Crippen LogP contribution in [0.3, 0.4) is 0 Å². The number of hydrogen-bond acceptors (Lipinski definition) is 3. The van der Waals surface area contributed by atoms with Gasteiger partial charge in [0.1, 0.15) is 0 Å². The van der Waals surface area contributed by atoms with E-state index >= 15 is 0 Å². The van der Waals surface area contributed by atoms with Crippen LogP contribution in [0.5, 0.6) is 0 Å². The molecule has 1 aromatic heterocycles. The Labute approximate surface area is 144 Å². The zero-order chi connectivity index (χ0) is 14.2. The molecule has 0 aliphatic heterocycles. The summed E-state index contributed by atoms with van der Waals surface area (Å²) in [6.07, 6.45) is 20.0. The first-order valence-electron chi connectivity index (χ1n) is 6.73. The Morgan fingerprint density at radius 3 is 2.29 bits per heavy atom. The van der Waals surface area contributed by atoms with Crippen molar-refractivity contribution in [2.24, 2.45) is 0 Å². The topological polar surface area (TPSA) is 30.7 Å². The third kappa shape index (κ3) is 5.96. The van der Waals surface area contributed by atoms with Gasteiger partial charge >= 0.3 is 17.1 Å². The maximum atomic E-state index is 4.03. The molecule has 0 saturated heterocycles. The molecule has 0 amide bonds. The third-order valence-corrected chi connectivity index (χ3v) is 3.92. The summed E-state index contributed by atoms with van der Waals surface area (Å²) in [5, 5.41) is 9.21. The van der Waals surface area contributed by atoms with Gasteiger partial charge in [0, 0.05) is 17.4 Å². The molecule has 0 spiro atoms. The van der Waals surface area contributed by atoms with Crippen LogP contribution >= 0.6 is 11.8 Å². The smallest absolute Gasteiger partial charge is 0.249 e. The van der Waals surface area contributed by atoms with Crippen molar-refractivity contribution in [2.45, 2.75) is 19.9 Å². The summed E-state index contributed by atoms with van der Waals surface area (Å²) in [4.78, 5) is 0. The Balaban J connectivity index is 0.000000313. The predicted octanol–water partition coefficient (Wildman–Crippen LogP) is 3.34. The van der Waals surface area contributed by atoms with E-state index in [0.29, 0.717) is 0 Å². The van der Waals surface area contributed by atoms with Crippen molar-refractivity contribution in [3.05, 3.63) is 74.9 Å². The molecule has 2 saturated carbocycles. The largest absolute Gasteiger partial charge is 2.00 e. The van der Waals surface area contributed by atoms with Crippen LogP contribution in [0.2, 0.25) is 0 Å². The van der Waals surface area contributed by atoms with Crippen LogP contribution < -0.4 is 0 Å². The Morgan fingerprint density at radius 1 is 1.10 bits per heavy atom. The SMILES string of the molecule is CCS[C]1[CH][CH][CH][C]1[C@H](C)n1ccnn1.[CH]1[CH][CH][CH][CH]1.[Fe+2]. The standard InChI is InChI=1S/C11H14N3S.C5H5.Fe/c1-3-15-11-6-4-5-10(11)9(2)14-8-7-12-13-14;1-2-4-5-3-1;/h4-9H,3H2,1-2H3;1-5H;/q;;+2/t9-;;/m0../s1. The normalized spacial score (nSPS) is 20.7. The van der Waals surface area contributed by atoms with Crippen molar-refractivity contribution in [3.63, 3.8) is 0 Å². The number of thioether (sulfide) groups is 1. The molecule has 0 unspecified atom stereocenters. The van der Waals surface area contributed by atoms with E-state index in [1.165, 1.54) is 11.2 Å². The Kier molecular flexibility index (Phi) is 9.70. The summed E-state index contributed by atoms with van der Waals surface area (Å²) >= 11 is 1.87. The summed E-state index contributed by atoms with van der Waals surface area (Å²) in [6, 6.07) is 0.261. The fourth-order valence-electron chi connectivity index (χ4n) is 1.94. The second-order valence-electron chi connectivity index (χ2n) is 4.30. The summed E-state index contributed by atoms with van der Waals surface area (Å²) in [6.45, 7) is 4.31. The zero-order valence-corrected chi connectivity index (χ0v) is 14.1. The second kappa shape index (κ2) is 10.7. The van der Waals surface area contributed by atoms with Crippen LogP contribution in [0.25, 0.3) is 0 Å². The summed E-state index contributed by atoms with van der Waals surface area (Å²) in [7, 11) is 0. The van der Waals surface area contributed by atoms with Crippen LogP contribution in [-0.2, 0) is 17.1 Å². The van der Waals surface area contributed by atoms with E-state index < -0.39 is 0 Å². The van der Waals surface area contributed by atoms with E-state index in [4.69, 9.17) is 0 Å². The average molecular weight is 341 g/mol. The number of rotatable bonds is 4. The molecule has 3 nitrogen and oxygen atoms in total. The molecule has 2 aliphatic carbocycles. The molecule has 2 aliphatic rings. The predicted molar refractivity (Wildman–Crippen MR) is 83.8 cm³/mol. The van der Waals surface area contributed by atoms with Gasteiger partial charge in [0.2, 0.25) is 0 Å². The van der Waals surface area contributed by atoms with Gasteiger partial charge < -0.3 is 0 Å². The van der Waals surface area contributed by atoms with Crippen LogP contribution in [0, 0.1) is 62.5 Å². The van der Waals surface area contributed by atoms with Gasteiger partial charge in [-0.1, -0.05) is 12.1 Å². The van der Waals surface area contributed by atoms with E-state index in [9.17, 15) is 0 Å². The van der Waals surface area contributed by atoms with Crippen molar-refractivity contribution in [2.75, 3.05) is 5.75 Å². The minimum atomic E-state index is 0. The molecule has 10 radical (unpaired) electrons. The van der Waals surface area contributed by atoms with E-state index in [0.717, 1.165) is 5.75 Å². The minimum absolute atomic E-state index is 0. The molecule has 3 rings (SSSR count). The van der Waals surface area contributed by atoms with Crippen molar-refractivity contribution in [1.29, 1.82) is 0 Å². The zero-order valence-electron chi connectivity index (χ0n) is 12.2. The second-order valence-corrected chi connectivity index (χ2v) is 5.61. The third-order valence-electron chi connectivity index (χ3n) is 2.95. The van der Waals surface area contributed by atoms with Gasteiger partial charge in [-0.25, -0.2) is 4.68 Å². The van der Waals surface area contributed by atoms with Crippen molar-refractivity contribution < 1.29 is 17.1 Å². The maximum absolute atomic E-state index is 4.03. The molecule has 1 atom stereocenters. The molecule has 0 bridgehead atoms. The van der Waals surface area contributed by atoms with Crippen LogP contribution in [-0.4, -0.2) is 20.7 Å². The first-order chi connectivity index (χ1) is 9.83. The van der Waals surface area contributed by atoms with E-state index in [1.807, 2.05) is 54.7 Å². The molecule has 0 N–H and O–H groups in total. The van der Waals surface area contributed by atoms with Gasteiger partial charge in [0.05, 0.1) is 12.2 Å². The summed E-state index contributed by atoms with van der Waals surface area (Å²) in [5.74, 6) is 2.42. The summed E-state index contributed by atoms with van der Waals surface area (Å²) < 4.78 is 1.88. The fraction of sp³-hybridized carbons (Fsp3) is 0.250.